The minimum Gasteiger partial charge on any atom is -0.464 e. The lowest BCUT2D eigenvalue weighted by Gasteiger charge is -2.31. The second-order valence-corrected chi connectivity index (χ2v) is 7.98. The number of carbonyl (C=O) groups excluding carboxylic acids is 3. The van der Waals surface area contributed by atoms with Gasteiger partial charge in [0.25, 0.3) is 0 Å². The van der Waals surface area contributed by atoms with E-state index in [4.69, 9.17) is 4.74 Å². The number of amides is 1. The Balaban J connectivity index is 1.92. The van der Waals surface area contributed by atoms with Crippen LogP contribution in [0.1, 0.15) is 77.6 Å². The van der Waals surface area contributed by atoms with Crippen molar-refractivity contribution in [2.75, 3.05) is 7.11 Å². The Morgan fingerprint density at radius 2 is 1.70 bits per heavy atom. The summed E-state index contributed by atoms with van der Waals surface area (Å²) in [6.07, 6.45) is 5.98. The number of methoxy groups -OCH3 is 1. The lowest BCUT2D eigenvalue weighted by atomic mass is 9.98. The molecule has 2 aliphatic carbocycles. The molecule has 1 aromatic rings. The molecule has 148 valence electrons. The molecule has 27 heavy (non-hydrogen) atoms. The van der Waals surface area contributed by atoms with Gasteiger partial charge in [-0.3, -0.25) is 9.59 Å². The van der Waals surface area contributed by atoms with Crippen LogP contribution in [0.2, 0.25) is 0 Å². The predicted octanol–water partition coefficient (Wildman–Crippen LogP) is 3.18. The summed E-state index contributed by atoms with van der Waals surface area (Å²) in [5, 5.41) is 0. The zero-order valence-corrected chi connectivity index (χ0v) is 17.0. The highest BCUT2D eigenvalue weighted by molar-refractivity contribution is 6.06. The summed E-state index contributed by atoms with van der Waals surface area (Å²) in [5.74, 6) is -0.348. The van der Waals surface area contributed by atoms with E-state index in [0.29, 0.717) is 16.8 Å². The molecule has 2 aliphatic rings. The Morgan fingerprint density at radius 3 is 2.22 bits per heavy atom. The van der Waals surface area contributed by atoms with Crippen LogP contribution in [-0.4, -0.2) is 46.3 Å². The monoisotopic (exact) mass is 374 g/mol. The topological polar surface area (TPSA) is 68.6 Å². The molecule has 0 aliphatic heterocycles. The molecule has 3 rings (SSSR count). The van der Waals surface area contributed by atoms with Crippen molar-refractivity contribution < 1.29 is 19.1 Å². The van der Waals surface area contributed by atoms with Gasteiger partial charge in [0.15, 0.2) is 5.78 Å². The molecule has 1 amide bonds. The Morgan fingerprint density at radius 1 is 1.11 bits per heavy atom. The zero-order valence-electron chi connectivity index (χ0n) is 17.0. The van der Waals surface area contributed by atoms with Crippen molar-refractivity contribution in [1.82, 2.24) is 9.47 Å². The van der Waals surface area contributed by atoms with Gasteiger partial charge in [0, 0.05) is 30.3 Å². The van der Waals surface area contributed by atoms with E-state index in [1.54, 1.807) is 18.5 Å². The molecule has 1 heterocycles. The van der Waals surface area contributed by atoms with Gasteiger partial charge in [-0.25, -0.2) is 4.79 Å². The van der Waals surface area contributed by atoms with Gasteiger partial charge in [-0.2, -0.15) is 0 Å². The quantitative estimate of drug-likeness (QED) is 0.566. The fraction of sp³-hybridized carbons (Fsp3) is 0.667. The molecule has 0 saturated heterocycles. The van der Waals surface area contributed by atoms with Crippen LogP contribution in [-0.2, 0) is 16.6 Å². The van der Waals surface area contributed by atoms with Gasteiger partial charge in [0.2, 0.25) is 5.91 Å². The SMILES string of the molecule is COC(=O)c1c(C)c(C(=O)[C@H](C)N(C(=O)C2CCCC2)C2CC2)c(C)n1C. The second-order valence-electron chi connectivity index (χ2n) is 7.98. The van der Waals surface area contributed by atoms with Crippen molar-refractivity contribution in [3.8, 4) is 0 Å². The summed E-state index contributed by atoms with van der Waals surface area (Å²) in [7, 11) is 3.10. The van der Waals surface area contributed by atoms with Crippen molar-refractivity contribution in [3.05, 3.63) is 22.5 Å². The smallest absolute Gasteiger partial charge is 0.354 e. The minimum absolute atomic E-state index is 0.0597. The summed E-state index contributed by atoms with van der Waals surface area (Å²) >= 11 is 0. The maximum atomic E-state index is 13.4. The fourth-order valence-corrected chi connectivity index (χ4v) is 4.49. The van der Waals surface area contributed by atoms with Crippen LogP contribution >= 0.6 is 0 Å². The van der Waals surface area contributed by atoms with Crippen LogP contribution in [0, 0.1) is 19.8 Å². The lowest BCUT2D eigenvalue weighted by Crippen LogP contribution is -2.47. The first kappa shape index (κ1) is 19.6. The standard InChI is InChI=1S/C21H30N2O4/c1-12-17(13(2)22(4)18(12)21(26)27-5)19(24)14(3)23(16-10-11-16)20(25)15-8-6-7-9-15/h14-16H,6-11H2,1-5H3/t14-/m0/s1. The molecule has 0 spiro atoms. The average molecular weight is 374 g/mol. The summed E-state index contributed by atoms with van der Waals surface area (Å²) in [5.41, 5.74) is 2.29. The van der Waals surface area contributed by atoms with Crippen molar-refractivity contribution in [2.24, 2.45) is 13.0 Å². The van der Waals surface area contributed by atoms with Crippen molar-refractivity contribution >= 4 is 17.7 Å². The maximum absolute atomic E-state index is 13.4. The lowest BCUT2D eigenvalue weighted by molar-refractivity contribution is -0.137. The summed E-state index contributed by atoms with van der Waals surface area (Å²) < 4.78 is 6.58. The number of rotatable bonds is 6. The molecule has 1 atom stereocenters. The molecule has 2 fully saturated rings. The molecular weight excluding hydrogens is 344 g/mol. The average Bonchev–Trinajstić information content (AvgIpc) is 3.26. The number of ether oxygens (including phenoxy) is 1. The summed E-state index contributed by atoms with van der Waals surface area (Å²) in [6.45, 7) is 5.44. The Hall–Kier alpha value is -2.11. The van der Waals surface area contributed by atoms with E-state index in [-0.39, 0.29) is 23.7 Å². The highest BCUT2D eigenvalue weighted by Gasteiger charge is 2.42. The van der Waals surface area contributed by atoms with E-state index >= 15 is 0 Å². The van der Waals surface area contributed by atoms with Crippen LogP contribution in [0.15, 0.2) is 0 Å². The Labute approximate surface area is 160 Å². The molecule has 6 heteroatoms. The van der Waals surface area contributed by atoms with Crippen LogP contribution < -0.4 is 0 Å². The highest BCUT2D eigenvalue weighted by Crippen LogP contribution is 2.35. The molecule has 1 aromatic heterocycles. The number of nitrogens with zero attached hydrogens (tertiary/aromatic N) is 2. The van der Waals surface area contributed by atoms with Gasteiger partial charge >= 0.3 is 5.97 Å². The Bertz CT molecular complexity index is 770. The van der Waals surface area contributed by atoms with Gasteiger partial charge in [-0.05, 0) is 52.0 Å². The molecule has 0 unspecified atom stereocenters. The number of hydrogen-bond donors (Lipinski definition) is 0. The largest absolute Gasteiger partial charge is 0.464 e. The van der Waals surface area contributed by atoms with Crippen molar-refractivity contribution in [3.63, 3.8) is 0 Å². The second kappa shape index (κ2) is 7.49. The minimum atomic E-state index is -0.518. The first-order chi connectivity index (χ1) is 12.8. The first-order valence-electron chi connectivity index (χ1n) is 9.90. The van der Waals surface area contributed by atoms with E-state index in [9.17, 15) is 14.4 Å². The zero-order chi connectivity index (χ0) is 19.9. The first-order valence-corrected chi connectivity index (χ1v) is 9.90. The van der Waals surface area contributed by atoms with Crippen molar-refractivity contribution in [1.29, 1.82) is 0 Å². The molecule has 0 N–H and O–H groups in total. The van der Waals surface area contributed by atoms with Gasteiger partial charge in [-0.15, -0.1) is 0 Å². The number of hydrogen-bond acceptors (Lipinski definition) is 4. The molecule has 6 nitrogen and oxygen atoms in total. The molecular formula is C21H30N2O4. The van der Waals surface area contributed by atoms with Crippen LogP contribution in [0.25, 0.3) is 0 Å². The molecule has 0 bridgehead atoms. The van der Waals surface area contributed by atoms with E-state index in [0.717, 1.165) is 44.2 Å². The summed E-state index contributed by atoms with van der Waals surface area (Å²) in [4.78, 5) is 40.5. The highest BCUT2D eigenvalue weighted by atomic mass is 16.5. The van der Waals surface area contributed by atoms with E-state index in [2.05, 4.69) is 0 Å². The fourth-order valence-electron chi connectivity index (χ4n) is 4.49. The van der Waals surface area contributed by atoms with Gasteiger partial charge in [0.05, 0.1) is 13.2 Å². The van der Waals surface area contributed by atoms with Crippen molar-refractivity contribution in [2.45, 2.75) is 71.4 Å². The third-order valence-corrected chi connectivity index (χ3v) is 6.25. The van der Waals surface area contributed by atoms with E-state index in [1.165, 1.54) is 7.11 Å². The molecule has 0 aromatic carbocycles. The van der Waals surface area contributed by atoms with Crippen LogP contribution in [0.5, 0.6) is 0 Å². The third-order valence-electron chi connectivity index (χ3n) is 6.25. The van der Waals surface area contributed by atoms with Crippen LogP contribution in [0.4, 0.5) is 0 Å². The molecule has 2 saturated carbocycles. The molecule has 0 radical (unpaired) electrons. The Kier molecular flexibility index (Phi) is 5.45. The summed E-state index contributed by atoms with van der Waals surface area (Å²) in [6, 6.07) is -0.336. The number of esters is 1. The van der Waals surface area contributed by atoms with Gasteiger partial charge in [-0.1, -0.05) is 12.8 Å². The maximum Gasteiger partial charge on any atom is 0.354 e. The predicted molar refractivity (Wildman–Crippen MR) is 102 cm³/mol. The van der Waals surface area contributed by atoms with E-state index in [1.807, 2.05) is 18.7 Å². The number of aromatic nitrogens is 1. The number of ketones is 1. The van der Waals surface area contributed by atoms with Gasteiger partial charge in [0.1, 0.15) is 5.69 Å². The number of Topliss-reactive ketones (excluding diaryl/α,β-unsaturated/α-hetero) is 1. The van der Waals surface area contributed by atoms with Gasteiger partial charge < -0.3 is 14.2 Å². The number of carbonyl (C=O) groups is 3. The van der Waals surface area contributed by atoms with E-state index < -0.39 is 12.0 Å². The van der Waals surface area contributed by atoms with Crippen LogP contribution in [0.3, 0.4) is 0 Å². The third kappa shape index (κ3) is 3.42. The normalized spacial score (nSPS) is 18.4.